The fraction of sp³-hybridized carbons (Fsp3) is 0.619. The number of halogens is 1. The molecule has 2 unspecified atom stereocenters. The van der Waals surface area contributed by atoms with Crippen molar-refractivity contribution in [2.45, 2.75) is 64.8 Å². The minimum atomic E-state index is -0.680. The van der Waals surface area contributed by atoms with Gasteiger partial charge in [0.1, 0.15) is 29.8 Å². The number of oxime groups is 1. The first-order valence-corrected chi connectivity index (χ1v) is 10.2. The van der Waals surface area contributed by atoms with E-state index < -0.39 is 11.7 Å². The quantitative estimate of drug-likeness (QED) is 0.596. The van der Waals surface area contributed by atoms with Crippen LogP contribution in [0.3, 0.4) is 0 Å². The fourth-order valence-corrected chi connectivity index (χ4v) is 3.21. The van der Waals surface area contributed by atoms with E-state index in [2.05, 4.69) is 5.16 Å². The molecular formula is C21H28ClNO5. The highest BCUT2D eigenvalue weighted by Crippen LogP contribution is 2.36. The van der Waals surface area contributed by atoms with E-state index in [9.17, 15) is 4.79 Å². The van der Waals surface area contributed by atoms with Crippen LogP contribution >= 0.6 is 11.6 Å². The Labute approximate surface area is 171 Å². The molecule has 0 amide bonds. The number of nitrogens with zero attached hydrogens (tertiary/aromatic N) is 1. The molecule has 1 aliphatic carbocycles. The van der Waals surface area contributed by atoms with Gasteiger partial charge in [0, 0.05) is 17.2 Å². The molecule has 2 aliphatic rings. The van der Waals surface area contributed by atoms with Crippen molar-refractivity contribution in [1.82, 2.24) is 0 Å². The number of esters is 1. The van der Waals surface area contributed by atoms with Crippen LogP contribution in [-0.4, -0.2) is 42.7 Å². The van der Waals surface area contributed by atoms with Crippen LogP contribution in [0.15, 0.2) is 23.4 Å². The Morgan fingerprint density at radius 1 is 1.36 bits per heavy atom. The summed E-state index contributed by atoms with van der Waals surface area (Å²) in [7, 11) is 0. The molecule has 1 fully saturated rings. The second-order valence-electron chi connectivity index (χ2n) is 8.18. The zero-order valence-electron chi connectivity index (χ0n) is 16.9. The van der Waals surface area contributed by atoms with Gasteiger partial charge in [-0.15, -0.1) is 0 Å². The zero-order chi connectivity index (χ0) is 20.3. The van der Waals surface area contributed by atoms with Gasteiger partial charge in [0.2, 0.25) is 0 Å². The third-order valence-corrected chi connectivity index (χ3v) is 4.70. The minimum absolute atomic E-state index is 0.297. The van der Waals surface area contributed by atoms with E-state index >= 15 is 0 Å². The second kappa shape index (κ2) is 8.70. The Morgan fingerprint density at radius 3 is 2.75 bits per heavy atom. The van der Waals surface area contributed by atoms with Crippen molar-refractivity contribution in [3.63, 3.8) is 0 Å². The Morgan fingerprint density at radius 2 is 2.11 bits per heavy atom. The third kappa shape index (κ3) is 5.61. The first-order chi connectivity index (χ1) is 13.3. The van der Waals surface area contributed by atoms with Gasteiger partial charge >= 0.3 is 5.97 Å². The molecule has 1 aromatic carbocycles. The van der Waals surface area contributed by atoms with Crippen LogP contribution in [0.25, 0.3) is 0 Å². The number of carbonyl (C=O) groups is 1. The van der Waals surface area contributed by atoms with E-state index in [4.69, 9.17) is 30.6 Å². The van der Waals surface area contributed by atoms with Gasteiger partial charge in [-0.05, 0) is 58.2 Å². The van der Waals surface area contributed by atoms with Crippen LogP contribution in [0, 0.1) is 5.92 Å². The van der Waals surface area contributed by atoms with Gasteiger partial charge in [0.15, 0.2) is 6.10 Å². The van der Waals surface area contributed by atoms with Crippen LogP contribution in [0.2, 0.25) is 5.02 Å². The molecule has 0 radical (unpaired) electrons. The van der Waals surface area contributed by atoms with Crippen molar-refractivity contribution in [1.29, 1.82) is 0 Å². The average molecular weight is 410 g/mol. The van der Waals surface area contributed by atoms with E-state index in [-0.39, 0.29) is 12.1 Å². The highest BCUT2D eigenvalue weighted by molar-refractivity contribution is 6.31. The average Bonchev–Trinajstić information content (AvgIpc) is 3.30. The third-order valence-electron chi connectivity index (χ3n) is 4.46. The van der Waals surface area contributed by atoms with Crippen molar-refractivity contribution in [2.75, 3.05) is 13.2 Å². The van der Waals surface area contributed by atoms with Gasteiger partial charge in [-0.1, -0.05) is 29.6 Å². The first kappa shape index (κ1) is 20.9. The number of carbonyl (C=O) groups excluding carboxylic acids is 1. The standard InChI is InChI=1S/C21H28ClNO5/c1-5-25-18-12-26-23-19(18)15-11-14(22)8-9-16(15)27-17(10-13-6-7-13)20(24)28-21(2,3)4/h8-9,11,13,17-18H,5-7,10,12H2,1-4H3. The molecule has 1 saturated carbocycles. The van der Waals surface area contributed by atoms with Crippen molar-refractivity contribution < 1.29 is 23.8 Å². The smallest absolute Gasteiger partial charge is 0.347 e. The van der Waals surface area contributed by atoms with Crippen LogP contribution < -0.4 is 4.74 Å². The summed E-state index contributed by atoms with van der Waals surface area (Å²) in [6.07, 6.45) is 1.88. The number of benzene rings is 1. The lowest BCUT2D eigenvalue weighted by molar-refractivity contribution is -0.164. The maximum absolute atomic E-state index is 12.7. The number of hydrogen-bond acceptors (Lipinski definition) is 6. The monoisotopic (exact) mass is 409 g/mol. The Bertz CT molecular complexity index is 739. The van der Waals surface area contributed by atoms with E-state index in [1.165, 1.54) is 0 Å². The van der Waals surface area contributed by atoms with Crippen LogP contribution in [0.1, 0.15) is 52.5 Å². The summed E-state index contributed by atoms with van der Waals surface area (Å²) in [6, 6.07) is 5.25. The van der Waals surface area contributed by atoms with E-state index in [1.807, 2.05) is 27.7 Å². The first-order valence-electron chi connectivity index (χ1n) is 9.77. The van der Waals surface area contributed by atoms with Gasteiger partial charge < -0.3 is 19.0 Å². The van der Waals surface area contributed by atoms with Gasteiger partial charge in [-0.25, -0.2) is 4.79 Å². The summed E-state index contributed by atoms with van der Waals surface area (Å²) in [4.78, 5) is 18.0. The van der Waals surface area contributed by atoms with Gasteiger partial charge in [0.25, 0.3) is 0 Å². The normalized spacial score (nSPS) is 20.3. The van der Waals surface area contributed by atoms with E-state index in [0.717, 1.165) is 12.8 Å². The molecule has 2 atom stereocenters. The molecule has 7 heteroatoms. The zero-order valence-corrected chi connectivity index (χ0v) is 17.6. The summed E-state index contributed by atoms with van der Waals surface area (Å²) in [5.74, 6) is 0.665. The van der Waals surface area contributed by atoms with Crippen molar-refractivity contribution in [2.24, 2.45) is 11.1 Å². The molecule has 1 aromatic rings. The molecule has 0 spiro atoms. The second-order valence-corrected chi connectivity index (χ2v) is 8.61. The predicted molar refractivity (Wildman–Crippen MR) is 107 cm³/mol. The topological polar surface area (TPSA) is 66.3 Å². The van der Waals surface area contributed by atoms with Gasteiger partial charge in [-0.2, -0.15) is 0 Å². The predicted octanol–water partition coefficient (Wildman–Crippen LogP) is 4.37. The summed E-state index contributed by atoms with van der Waals surface area (Å²) < 4.78 is 17.5. The number of hydrogen-bond donors (Lipinski definition) is 0. The Hall–Kier alpha value is -1.79. The lowest BCUT2D eigenvalue weighted by Gasteiger charge is -2.25. The molecule has 0 bridgehead atoms. The highest BCUT2D eigenvalue weighted by Gasteiger charge is 2.35. The lowest BCUT2D eigenvalue weighted by atomic mass is 10.0. The maximum Gasteiger partial charge on any atom is 0.347 e. The molecule has 3 rings (SSSR count). The van der Waals surface area contributed by atoms with Crippen molar-refractivity contribution in [3.05, 3.63) is 28.8 Å². The molecular weight excluding hydrogens is 382 g/mol. The summed E-state index contributed by atoms with van der Waals surface area (Å²) >= 11 is 6.22. The van der Waals surface area contributed by atoms with Crippen LogP contribution in [0.4, 0.5) is 0 Å². The lowest BCUT2D eigenvalue weighted by Crippen LogP contribution is -2.36. The van der Waals surface area contributed by atoms with Crippen molar-refractivity contribution in [3.8, 4) is 5.75 Å². The largest absolute Gasteiger partial charge is 0.478 e. The number of rotatable bonds is 8. The Kier molecular flexibility index (Phi) is 6.50. The SMILES string of the molecule is CCOC1CON=C1c1cc(Cl)ccc1OC(CC1CC1)C(=O)OC(C)(C)C. The molecule has 154 valence electrons. The minimum Gasteiger partial charge on any atom is -0.478 e. The van der Waals surface area contributed by atoms with Crippen LogP contribution in [-0.2, 0) is 19.1 Å². The number of ether oxygens (including phenoxy) is 3. The van der Waals surface area contributed by atoms with Gasteiger partial charge in [-0.3, -0.25) is 0 Å². The highest BCUT2D eigenvalue weighted by atomic mass is 35.5. The van der Waals surface area contributed by atoms with Crippen LogP contribution in [0.5, 0.6) is 5.75 Å². The summed E-state index contributed by atoms with van der Waals surface area (Å²) in [5, 5.41) is 4.67. The molecule has 0 saturated heterocycles. The molecule has 0 N–H and O–H groups in total. The maximum atomic E-state index is 12.7. The molecule has 1 heterocycles. The molecule has 28 heavy (non-hydrogen) atoms. The summed E-state index contributed by atoms with van der Waals surface area (Å²) in [6.45, 7) is 8.34. The molecule has 6 nitrogen and oxygen atoms in total. The van der Waals surface area contributed by atoms with E-state index in [1.54, 1.807) is 18.2 Å². The summed E-state index contributed by atoms with van der Waals surface area (Å²) in [5.41, 5.74) is 0.718. The van der Waals surface area contributed by atoms with E-state index in [0.29, 0.717) is 47.6 Å². The molecule has 1 aliphatic heterocycles. The Balaban J connectivity index is 1.85. The van der Waals surface area contributed by atoms with Crippen molar-refractivity contribution >= 4 is 23.3 Å². The molecule has 0 aromatic heterocycles. The van der Waals surface area contributed by atoms with Gasteiger partial charge in [0.05, 0.1) is 0 Å². The fourth-order valence-electron chi connectivity index (χ4n) is 3.04.